The molecule has 1 N–H and O–H groups in total. The molecule has 1 aliphatic rings. The van der Waals surface area contributed by atoms with Gasteiger partial charge in [0.1, 0.15) is 5.75 Å². The fourth-order valence-electron chi connectivity index (χ4n) is 2.21. The van der Waals surface area contributed by atoms with Gasteiger partial charge in [0.05, 0.1) is 0 Å². The molecule has 1 aromatic rings. The van der Waals surface area contributed by atoms with E-state index in [9.17, 15) is 9.59 Å². The molecule has 1 saturated carbocycles. The maximum Gasteiger partial charge on any atom is 0.344 e. The molecule has 0 bridgehead atoms. The van der Waals surface area contributed by atoms with Crippen LogP contribution in [-0.4, -0.2) is 31.1 Å². The van der Waals surface area contributed by atoms with Crippen LogP contribution in [0.3, 0.4) is 0 Å². The number of aryl methyl sites for hydroxylation is 1. The third-order valence-electron chi connectivity index (χ3n) is 3.53. The summed E-state index contributed by atoms with van der Waals surface area (Å²) in [5, 5.41) is 2.75. The van der Waals surface area contributed by atoms with E-state index in [-0.39, 0.29) is 25.2 Å². The summed E-state index contributed by atoms with van der Waals surface area (Å²) >= 11 is 0. The standard InChI is InChI=1S/C17H23NO4/c1-11(2)15-7-6-14(8-12(15)3)21-10-17(20)22-9-16(19)18-13-4-5-13/h6-8,11,13H,4-5,9-10H2,1-3H3,(H,18,19). The smallest absolute Gasteiger partial charge is 0.344 e. The van der Waals surface area contributed by atoms with E-state index in [1.165, 1.54) is 5.56 Å². The van der Waals surface area contributed by atoms with E-state index in [1.807, 2.05) is 25.1 Å². The van der Waals surface area contributed by atoms with Crippen molar-refractivity contribution in [3.63, 3.8) is 0 Å². The Labute approximate surface area is 131 Å². The molecule has 0 heterocycles. The van der Waals surface area contributed by atoms with Gasteiger partial charge in [0, 0.05) is 6.04 Å². The van der Waals surface area contributed by atoms with Crippen molar-refractivity contribution >= 4 is 11.9 Å². The Balaban J connectivity index is 1.73. The summed E-state index contributed by atoms with van der Waals surface area (Å²) in [6.07, 6.45) is 2.02. The first-order valence-electron chi connectivity index (χ1n) is 7.64. The number of benzene rings is 1. The van der Waals surface area contributed by atoms with Crippen LogP contribution in [0.5, 0.6) is 5.75 Å². The number of ether oxygens (including phenoxy) is 2. The monoisotopic (exact) mass is 305 g/mol. The first-order chi connectivity index (χ1) is 10.5. The van der Waals surface area contributed by atoms with Gasteiger partial charge in [0.25, 0.3) is 5.91 Å². The molecule has 1 aliphatic carbocycles. The van der Waals surface area contributed by atoms with E-state index in [4.69, 9.17) is 9.47 Å². The minimum atomic E-state index is -0.545. The zero-order valence-corrected chi connectivity index (χ0v) is 13.3. The number of nitrogens with one attached hydrogen (secondary N) is 1. The van der Waals surface area contributed by atoms with Gasteiger partial charge in [0.2, 0.25) is 0 Å². The molecule has 1 amide bonds. The molecule has 0 radical (unpaired) electrons. The molecule has 0 spiro atoms. The van der Waals surface area contributed by atoms with Crippen LogP contribution in [0, 0.1) is 6.92 Å². The number of esters is 1. The number of amides is 1. The van der Waals surface area contributed by atoms with E-state index in [1.54, 1.807) is 0 Å². The molecular weight excluding hydrogens is 282 g/mol. The maximum absolute atomic E-state index is 11.6. The topological polar surface area (TPSA) is 64.6 Å². The highest BCUT2D eigenvalue weighted by Crippen LogP contribution is 2.23. The van der Waals surface area contributed by atoms with E-state index in [0.29, 0.717) is 11.7 Å². The Morgan fingerprint density at radius 3 is 2.59 bits per heavy atom. The summed E-state index contributed by atoms with van der Waals surface area (Å²) in [5.74, 6) is 0.273. The van der Waals surface area contributed by atoms with Gasteiger partial charge in [-0.05, 0) is 48.9 Å². The maximum atomic E-state index is 11.6. The van der Waals surface area contributed by atoms with Gasteiger partial charge in [-0.2, -0.15) is 0 Å². The van der Waals surface area contributed by atoms with Crippen LogP contribution in [0.2, 0.25) is 0 Å². The first kappa shape index (κ1) is 16.3. The normalized spacial score (nSPS) is 13.8. The molecule has 0 aliphatic heterocycles. The zero-order valence-electron chi connectivity index (χ0n) is 13.3. The number of carbonyl (C=O) groups excluding carboxylic acids is 2. The molecule has 2 rings (SSSR count). The third kappa shape index (κ3) is 5.06. The second kappa shape index (κ2) is 7.29. The fraction of sp³-hybridized carbons (Fsp3) is 0.529. The van der Waals surface area contributed by atoms with Crippen LogP contribution in [0.25, 0.3) is 0 Å². The highest BCUT2D eigenvalue weighted by atomic mass is 16.6. The molecule has 5 nitrogen and oxygen atoms in total. The Hall–Kier alpha value is -2.04. The molecule has 0 aromatic heterocycles. The Morgan fingerprint density at radius 1 is 1.27 bits per heavy atom. The van der Waals surface area contributed by atoms with Gasteiger partial charge in [0.15, 0.2) is 13.2 Å². The average Bonchev–Trinajstić information content (AvgIpc) is 3.26. The first-order valence-corrected chi connectivity index (χ1v) is 7.64. The molecule has 1 fully saturated rings. The molecule has 0 atom stereocenters. The van der Waals surface area contributed by atoms with Crippen molar-refractivity contribution in [3.05, 3.63) is 29.3 Å². The summed E-state index contributed by atoms with van der Waals surface area (Å²) in [6, 6.07) is 6.02. The zero-order chi connectivity index (χ0) is 16.1. The summed E-state index contributed by atoms with van der Waals surface area (Å²) in [6.45, 7) is 5.84. The molecule has 22 heavy (non-hydrogen) atoms. The molecule has 1 aromatic carbocycles. The van der Waals surface area contributed by atoms with Crippen molar-refractivity contribution in [1.29, 1.82) is 0 Å². The lowest BCUT2D eigenvalue weighted by Crippen LogP contribution is -2.31. The highest BCUT2D eigenvalue weighted by molar-refractivity contribution is 5.81. The number of carbonyl (C=O) groups is 2. The van der Waals surface area contributed by atoms with Crippen molar-refractivity contribution in [3.8, 4) is 5.75 Å². The van der Waals surface area contributed by atoms with Crippen molar-refractivity contribution < 1.29 is 19.1 Å². The van der Waals surface area contributed by atoms with Crippen LogP contribution in [0.4, 0.5) is 0 Å². The van der Waals surface area contributed by atoms with E-state index < -0.39 is 5.97 Å². The van der Waals surface area contributed by atoms with Crippen LogP contribution < -0.4 is 10.1 Å². The Kier molecular flexibility index (Phi) is 5.41. The Morgan fingerprint density at radius 2 is 2.00 bits per heavy atom. The van der Waals surface area contributed by atoms with Gasteiger partial charge in [-0.3, -0.25) is 4.79 Å². The van der Waals surface area contributed by atoms with Crippen molar-refractivity contribution in [1.82, 2.24) is 5.32 Å². The second-order valence-electron chi connectivity index (χ2n) is 5.96. The van der Waals surface area contributed by atoms with Crippen molar-refractivity contribution in [2.45, 2.75) is 45.6 Å². The molecule has 120 valence electrons. The molecular formula is C17H23NO4. The van der Waals surface area contributed by atoms with Crippen LogP contribution in [0.1, 0.15) is 43.7 Å². The van der Waals surface area contributed by atoms with Gasteiger partial charge < -0.3 is 14.8 Å². The number of hydrogen-bond donors (Lipinski definition) is 1. The van der Waals surface area contributed by atoms with Crippen LogP contribution >= 0.6 is 0 Å². The number of hydrogen-bond acceptors (Lipinski definition) is 4. The lowest BCUT2D eigenvalue weighted by Gasteiger charge is -2.12. The lowest BCUT2D eigenvalue weighted by molar-refractivity contribution is -0.150. The van der Waals surface area contributed by atoms with E-state index in [0.717, 1.165) is 18.4 Å². The lowest BCUT2D eigenvalue weighted by atomic mass is 9.98. The van der Waals surface area contributed by atoms with Crippen molar-refractivity contribution in [2.75, 3.05) is 13.2 Å². The number of rotatable bonds is 7. The third-order valence-corrected chi connectivity index (χ3v) is 3.53. The SMILES string of the molecule is Cc1cc(OCC(=O)OCC(=O)NC2CC2)ccc1C(C)C. The van der Waals surface area contributed by atoms with Crippen LogP contribution in [-0.2, 0) is 14.3 Å². The molecule has 0 unspecified atom stereocenters. The van der Waals surface area contributed by atoms with E-state index in [2.05, 4.69) is 19.2 Å². The summed E-state index contributed by atoms with van der Waals surface area (Å²) < 4.78 is 10.3. The molecule has 5 heteroatoms. The van der Waals surface area contributed by atoms with Crippen LogP contribution in [0.15, 0.2) is 18.2 Å². The van der Waals surface area contributed by atoms with Gasteiger partial charge in [-0.1, -0.05) is 19.9 Å². The fourth-order valence-corrected chi connectivity index (χ4v) is 2.21. The second-order valence-corrected chi connectivity index (χ2v) is 5.96. The average molecular weight is 305 g/mol. The minimum Gasteiger partial charge on any atom is -0.482 e. The van der Waals surface area contributed by atoms with Gasteiger partial charge in [-0.25, -0.2) is 4.79 Å². The van der Waals surface area contributed by atoms with Gasteiger partial charge in [-0.15, -0.1) is 0 Å². The highest BCUT2D eigenvalue weighted by Gasteiger charge is 2.23. The summed E-state index contributed by atoms with van der Waals surface area (Å²) in [4.78, 5) is 22.9. The molecule has 0 saturated heterocycles. The predicted octanol–water partition coefficient (Wildman–Crippen LogP) is 2.32. The quantitative estimate of drug-likeness (QED) is 0.785. The van der Waals surface area contributed by atoms with E-state index >= 15 is 0 Å². The van der Waals surface area contributed by atoms with Gasteiger partial charge >= 0.3 is 5.97 Å². The largest absolute Gasteiger partial charge is 0.482 e. The van der Waals surface area contributed by atoms with Crippen molar-refractivity contribution in [2.24, 2.45) is 0 Å². The predicted molar refractivity (Wildman–Crippen MR) is 82.9 cm³/mol. The summed E-state index contributed by atoms with van der Waals surface area (Å²) in [7, 11) is 0. The Bertz CT molecular complexity index is 550. The summed E-state index contributed by atoms with van der Waals surface area (Å²) in [5.41, 5.74) is 2.39. The minimum absolute atomic E-state index is 0.197.